The minimum absolute atomic E-state index is 0.200. The summed E-state index contributed by atoms with van der Waals surface area (Å²) in [4.78, 5) is 11.8. The van der Waals surface area contributed by atoms with Gasteiger partial charge in [-0.2, -0.15) is 0 Å². The number of hydrogen-bond acceptors (Lipinski definition) is 3. The van der Waals surface area contributed by atoms with Crippen LogP contribution in [0.3, 0.4) is 0 Å². The summed E-state index contributed by atoms with van der Waals surface area (Å²) in [5, 5.41) is 0.610. The van der Waals surface area contributed by atoms with Crippen molar-refractivity contribution in [2.75, 3.05) is 5.32 Å². The van der Waals surface area contributed by atoms with Gasteiger partial charge in [0.15, 0.2) is 9.84 Å². The first-order valence-electron chi connectivity index (χ1n) is 6.46. The topological polar surface area (TPSA) is 63.2 Å². The van der Waals surface area contributed by atoms with Crippen LogP contribution in [0.15, 0.2) is 47.4 Å². The molecular formula is C15H12F3NO3S. The Morgan fingerprint density at radius 3 is 2.00 bits per heavy atom. The molecule has 122 valence electrons. The van der Waals surface area contributed by atoms with Gasteiger partial charge < -0.3 is 5.32 Å². The van der Waals surface area contributed by atoms with Gasteiger partial charge in [0.25, 0.3) is 0 Å². The Morgan fingerprint density at radius 1 is 0.957 bits per heavy atom. The van der Waals surface area contributed by atoms with Gasteiger partial charge in [0.2, 0.25) is 5.91 Å². The van der Waals surface area contributed by atoms with Crippen LogP contribution < -0.4 is 5.32 Å². The van der Waals surface area contributed by atoms with Gasteiger partial charge in [0.1, 0.15) is 22.7 Å². The zero-order valence-electron chi connectivity index (χ0n) is 11.9. The smallest absolute Gasteiger partial charge is 0.242 e. The summed E-state index contributed by atoms with van der Waals surface area (Å²) in [6.45, 7) is 1.13. The molecule has 0 unspecified atom stereocenters. The Labute approximate surface area is 130 Å². The quantitative estimate of drug-likeness (QED) is 0.868. The van der Waals surface area contributed by atoms with Crippen molar-refractivity contribution < 1.29 is 26.4 Å². The van der Waals surface area contributed by atoms with E-state index < -0.39 is 38.4 Å². The number of rotatable bonds is 4. The van der Waals surface area contributed by atoms with Crippen LogP contribution in [0.2, 0.25) is 0 Å². The zero-order chi connectivity index (χ0) is 17.2. The Hall–Kier alpha value is -2.35. The highest BCUT2D eigenvalue weighted by molar-refractivity contribution is 7.92. The van der Waals surface area contributed by atoms with Crippen LogP contribution in [0.4, 0.5) is 18.9 Å². The van der Waals surface area contributed by atoms with Crippen molar-refractivity contribution in [3.05, 3.63) is 59.9 Å². The monoisotopic (exact) mass is 343 g/mol. The van der Waals surface area contributed by atoms with Crippen LogP contribution in [0.25, 0.3) is 0 Å². The minimum atomic E-state index is -4.06. The SMILES string of the molecule is C[C@@H](C(=O)Nc1cc(F)cc(F)c1)S(=O)(=O)c1ccc(F)cc1. The molecule has 1 amide bonds. The predicted molar refractivity (Wildman–Crippen MR) is 78.0 cm³/mol. The summed E-state index contributed by atoms with van der Waals surface area (Å²) in [6, 6.07) is 6.33. The molecule has 2 rings (SSSR count). The van der Waals surface area contributed by atoms with E-state index >= 15 is 0 Å². The van der Waals surface area contributed by atoms with Crippen LogP contribution in [0.1, 0.15) is 6.92 Å². The molecule has 0 aliphatic rings. The molecular weight excluding hydrogens is 331 g/mol. The van der Waals surface area contributed by atoms with Crippen molar-refractivity contribution in [1.29, 1.82) is 0 Å². The van der Waals surface area contributed by atoms with Gasteiger partial charge in [-0.25, -0.2) is 21.6 Å². The normalized spacial score (nSPS) is 12.7. The standard InChI is InChI=1S/C15H12F3NO3S/c1-9(23(21,22)14-4-2-10(16)3-5-14)15(20)19-13-7-11(17)6-12(18)8-13/h2-9H,1H3,(H,19,20)/t9-/m0/s1. The summed E-state index contributed by atoms with van der Waals surface area (Å²) in [7, 11) is -4.06. The number of carbonyl (C=O) groups excluding carboxylic acids is 1. The zero-order valence-corrected chi connectivity index (χ0v) is 12.7. The first-order chi connectivity index (χ1) is 10.7. The maximum atomic E-state index is 13.1. The van der Waals surface area contributed by atoms with Crippen molar-refractivity contribution in [3.63, 3.8) is 0 Å². The Morgan fingerprint density at radius 2 is 1.48 bits per heavy atom. The number of anilines is 1. The van der Waals surface area contributed by atoms with E-state index in [2.05, 4.69) is 5.32 Å². The molecule has 8 heteroatoms. The summed E-state index contributed by atoms with van der Waals surface area (Å²) < 4.78 is 63.6. The molecule has 0 spiro atoms. The highest BCUT2D eigenvalue weighted by Gasteiger charge is 2.30. The fourth-order valence-corrected chi connectivity index (χ4v) is 3.10. The molecule has 0 saturated heterocycles. The molecule has 0 heterocycles. The average Bonchev–Trinajstić information content (AvgIpc) is 2.45. The van der Waals surface area contributed by atoms with Gasteiger partial charge in [-0.15, -0.1) is 0 Å². The third-order valence-electron chi connectivity index (χ3n) is 3.11. The van der Waals surface area contributed by atoms with Crippen molar-refractivity contribution in [2.24, 2.45) is 0 Å². The summed E-state index contributed by atoms with van der Waals surface area (Å²) in [5.74, 6) is -3.39. The molecule has 0 fully saturated rings. The van der Waals surface area contributed by atoms with E-state index in [0.29, 0.717) is 6.07 Å². The van der Waals surface area contributed by atoms with E-state index in [4.69, 9.17) is 0 Å². The second-order valence-corrected chi connectivity index (χ2v) is 7.06. The third kappa shape index (κ3) is 3.89. The highest BCUT2D eigenvalue weighted by Crippen LogP contribution is 2.19. The number of amides is 1. The Balaban J connectivity index is 2.23. The molecule has 0 saturated carbocycles. The van der Waals surface area contributed by atoms with Gasteiger partial charge in [0, 0.05) is 11.8 Å². The van der Waals surface area contributed by atoms with E-state index in [9.17, 15) is 26.4 Å². The molecule has 0 aliphatic carbocycles. The lowest BCUT2D eigenvalue weighted by atomic mass is 10.3. The summed E-state index contributed by atoms with van der Waals surface area (Å²) in [5.41, 5.74) is -0.200. The van der Waals surface area contributed by atoms with Crippen LogP contribution in [0.5, 0.6) is 0 Å². The molecule has 0 aromatic heterocycles. The van der Waals surface area contributed by atoms with E-state index in [0.717, 1.165) is 43.3 Å². The minimum Gasteiger partial charge on any atom is -0.325 e. The van der Waals surface area contributed by atoms with Crippen LogP contribution in [-0.4, -0.2) is 19.6 Å². The first kappa shape index (κ1) is 17.0. The van der Waals surface area contributed by atoms with Gasteiger partial charge in [0.05, 0.1) is 4.90 Å². The first-order valence-corrected chi connectivity index (χ1v) is 8.01. The van der Waals surface area contributed by atoms with Crippen molar-refractivity contribution in [2.45, 2.75) is 17.1 Å². The largest absolute Gasteiger partial charge is 0.325 e. The number of halogens is 3. The maximum absolute atomic E-state index is 13.1. The van der Waals surface area contributed by atoms with Crippen molar-refractivity contribution >= 4 is 21.4 Å². The van der Waals surface area contributed by atoms with Crippen LogP contribution in [0, 0.1) is 17.5 Å². The van der Waals surface area contributed by atoms with Gasteiger partial charge in [-0.1, -0.05) is 0 Å². The molecule has 0 bridgehead atoms. The van der Waals surface area contributed by atoms with Crippen LogP contribution in [-0.2, 0) is 14.6 Å². The molecule has 2 aromatic rings. The van der Waals surface area contributed by atoms with Gasteiger partial charge in [-0.05, 0) is 43.3 Å². The summed E-state index contributed by atoms with van der Waals surface area (Å²) in [6.07, 6.45) is 0. The number of sulfone groups is 1. The second kappa shape index (κ2) is 6.41. The maximum Gasteiger partial charge on any atom is 0.242 e. The molecule has 1 N–H and O–H groups in total. The van der Waals surface area contributed by atoms with E-state index in [1.807, 2.05) is 0 Å². The Bertz CT molecular complexity index is 815. The second-order valence-electron chi connectivity index (χ2n) is 4.79. The number of carbonyl (C=O) groups is 1. The molecule has 4 nitrogen and oxygen atoms in total. The highest BCUT2D eigenvalue weighted by atomic mass is 32.2. The van der Waals surface area contributed by atoms with Crippen molar-refractivity contribution in [3.8, 4) is 0 Å². The number of benzene rings is 2. The lowest BCUT2D eigenvalue weighted by molar-refractivity contribution is -0.115. The average molecular weight is 343 g/mol. The van der Waals surface area contributed by atoms with E-state index in [-0.39, 0.29) is 10.6 Å². The third-order valence-corrected chi connectivity index (χ3v) is 5.18. The lowest BCUT2D eigenvalue weighted by Gasteiger charge is -2.13. The Kier molecular flexibility index (Phi) is 4.74. The molecule has 23 heavy (non-hydrogen) atoms. The van der Waals surface area contributed by atoms with Gasteiger partial charge in [-0.3, -0.25) is 4.79 Å². The van der Waals surface area contributed by atoms with Crippen LogP contribution >= 0.6 is 0 Å². The van der Waals surface area contributed by atoms with Crippen molar-refractivity contribution in [1.82, 2.24) is 0 Å². The van der Waals surface area contributed by atoms with E-state index in [1.54, 1.807) is 0 Å². The molecule has 0 aliphatic heterocycles. The predicted octanol–water partition coefficient (Wildman–Crippen LogP) is 2.90. The number of nitrogens with one attached hydrogen (secondary N) is 1. The number of hydrogen-bond donors (Lipinski definition) is 1. The summed E-state index contributed by atoms with van der Waals surface area (Å²) >= 11 is 0. The lowest BCUT2D eigenvalue weighted by Crippen LogP contribution is -2.32. The molecule has 1 atom stereocenters. The fraction of sp³-hybridized carbons (Fsp3) is 0.133. The molecule has 0 radical (unpaired) electrons. The van der Waals surface area contributed by atoms with Gasteiger partial charge >= 0.3 is 0 Å². The molecule has 2 aromatic carbocycles. The fourth-order valence-electron chi connectivity index (χ4n) is 1.84. The van der Waals surface area contributed by atoms with E-state index in [1.165, 1.54) is 0 Å².